The maximum Gasteiger partial charge on any atom is 0.271 e. The third kappa shape index (κ3) is 5.85. The van der Waals surface area contributed by atoms with Gasteiger partial charge < -0.3 is 10.6 Å². The largest absolute Gasteiger partial charge is 0.362 e. The number of benzene rings is 1. The molecular weight excluding hydrogens is 407 g/mol. The summed E-state index contributed by atoms with van der Waals surface area (Å²) in [6, 6.07) is 4.50. The van der Waals surface area contributed by atoms with Crippen LogP contribution in [0.15, 0.2) is 42.1 Å². The Morgan fingerprint density at radius 2 is 2.00 bits per heavy atom. The van der Waals surface area contributed by atoms with Crippen molar-refractivity contribution in [2.75, 3.05) is 11.6 Å². The first-order valence-corrected chi connectivity index (χ1v) is 11.6. The Kier molecular flexibility index (Phi) is 6.50. The predicted molar refractivity (Wildman–Crippen MR) is 113 cm³/mol. The van der Waals surface area contributed by atoms with Crippen molar-refractivity contribution in [2.45, 2.75) is 38.8 Å². The summed E-state index contributed by atoms with van der Waals surface area (Å²) in [4.78, 5) is 20.7. The number of nitrogens with one attached hydrogen (secondary N) is 2. The van der Waals surface area contributed by atoms with Crippen molar-refractivity contribution in [3.05, 3.63) is 64.7 Å². The van der Waals surface area contributed by atoms with E-state index in [1.165, 1.54) is 24.5 Å². The average molecular weight is 433 g/mol. The van der Waals surface area contributed by atoms with E-state index in [4.69, 9.17) is 0 Å². The predicted octanol–water partition coefficient (Wildman–Crippen LogP) is 3.16. The monoisotopic (exact) mass is 432 g/mol. The molecule has 1 aliphatic carbocycles. The molecule has 1 aliphatic rings. The second kappa shape index (κ2) is 8.91. The number of nitrogens with zero attached hydrogens (tertiary/aromatic N) is 2. The van der Waals surface area contributed by atoms with E-state index in [0.717, 1.165) is 30.1 Å². The molecule has 0 saturated heterocycles. The van der Waals surface area contributed by atoms with Crippen molar-refractivity contribution in [2.24, 2.45) is 5.92 Å². The van der Waals surface area contributed by atoms with Crippen molar-refractivity contribution in [1.29, 1.82) is 0 Å². The normalized spacial score (nSPS) is 16.3. The first-order chi connectivity index (χ1) is 14.1. The molecule has 1 saturated carbocycles. The number of rotatable bonds is 8. The van der Waals surface area contributed by atoms with E-state index in [1.807, 2.05) is 6.07 Å². The number of carbonyl (C=O) groups excluding carboxylic acids is 1. The van der Waals surface area contributed by atoms with Crippen molar-refractivity contribution in [1.82, 2.24) is 15.3 Å². The van der Waals surface area contributed by atoms with Crippen LogP contribution in [-0.4, -0.2) is 36.6 Å². The molecule has 7 nitrogen and oxygen atoms in total. The van der Waals surface area contributed by atoms with Crippen molar-refractivity contribution in [3.8, 4) is 0 Å². The third-order valence-corrected chi connectivity index (χ3v) is 5.55. The van der Waals surface area contributed by atoms with E-state index in [-0.39, 0.29) is 17.6 Å². The smallest absolute Gasteiger partial charge is 0.271 e. The van der Waals surface area contributed by atoms with Crippen LogP contribution in [0, 0.1) is 18.7 Å². The number of hydrogen-bond donors (Lipinski definition) is 2. The van der Waals surface area contributed by atoms with E-state index in [1.54, 1.807) is 19.9 Å². The lowest BCUT2D eigenvalue weighted by Crippen LogP contribution is -2.32. The summed E-state index contributed by atoms with van der Waals surface area (Å²) < 4.78 is 36.3. The van der Waals surface area contributed by atoms with E-state index in [0.29, 0.717) is 17.3 Å². The highest BCUT2D eigenvalue weighted by Crippen LogP contribution is 2.43. The summed E-state index contributed by atoms with van der Waals surface area (Å²) in [5.74, 6) is 0.200. The minimum absolute atomic E-state index is 0.0733. The molecule has 160 valence electrons. The van der Waals surface area contributed by atoms with Gasteiger partial charge in [0.05, 0.1) is 18.4 Å². The average Bonchev–Trinajstić information content (AvgIpc) is 3.52. The van der Waals surface area contributed by atoms with Gasteiger partial charge in [-0.05, 0) is 49.8 Å². The fraction of sp³-hybridized carbons (Fsp3) is 0.381. The van der Waals surface area contributed by atoms with Gasteiger partial charge in [0.2, 0.25) is 0 Å². The fourth-order valence-corrected chi connectivity index (χ4v) is 3.63. The maximum absolute atomic E-state index is 14.0. The first-order valence-electron chi connectivity index (χ1n) is 9.67. The zero-order chi connectivity index (χ0) is 21.9. The maximum atomic E-state index is 14.0. The van der Waals surface area contributed by atoms with Gasteiger partial charge in [-0.1, -0.05) is 18.2 Å². The second-order valence-corrected chi connectivity index (χ2v) is 9.55. The van der Waals surface area contributed by atoms with Crippen molar-refractivity contribution >= 4 is 21.6 Å². The molecule has 2 aromatic rings. The molecule has 1 amide bonds. The van der Waals surface area contributed by atoms with Crippen LogP contribution < -0.4 is 10.6 Å². The quantitative estimate of drug-likeness (QED) is 0.665. The Bertz CT molecular complexity index is 1050. The van der Waals surface area contributed by atoms with Crippen LogP contribution in [-0.2, 0) is 9.84 Å². The fourth-order valence-electron chi connectivity index (χ4n) is 3.11. The minimum Gasteiger partial charge on any atom is -0.362 e. The summed E-state index contributed by atoms with van der Waals surface area (Å²) >= 11 is 0. The van der Waals surface area contributed by atoms with Crippen LogP contribution in [0.3, 0.4) is 0 Å². The lowest BCUT2D eigenvalue weighted by atomic mass is 9.97. The summed E-state index contributed by atoms with van der Waals surface area (Å²) in [6.07, 6.45) is 7.40. The molecule has 1 heterocycles. The lowest BCUT2D eigenvalue weighted by Gasteiger charge is -2.21. The van der Waals surface area contributed by atoms with Gasteiger partial charge in [0.25, 0.3) is 5.91 Å². The highest BCUT2D eigenvalue weighted by molar-refractivity contribution is 7.93. The Hall–Kier alpha value is -2.81. The summed E-state index contributed by atoms with van der Waals surface area (Å²) in [7, 11) is -3.26. The molecule has 0 unspecified atom stereocenters. The minimum atomic E-state index is -3.26. The SMILES string of the molecule is Cc1c(F)cccc1[C@H](Nc1cnc(C(=O)N[C@H](C)/C=C/S(C)(=O)=O)cn1)C1CC1. The van der Waals surface area contributed by atoms with Crippen molar-refractivity contribution in [3.63, 3.8) is 0 Å². The van der Waals surface area contributed by atoms with Crippen LogP contribution >= 0.6 is 0 Å². The molecule has 0 aliphatic heterocycles. The topological polar surface area (TPSA) is 101 Å². The standard InChI is InChI=1S/C21H25FN4O3S/c1-13(9-10-30(3,28)29)25-21(27)18-11-24-19(12-23-18)26-20(15-7-8-15)16-5-4-6-17(22)14(16)2/h4-6,9-13,15,20H,7-8H2,1-3H3,(H,24,26)(H,25,27)/b10-9+/t13-,20-/m1/s1. The Morgan fingerprint density at radius 1 is 1.27 bits per heavy atom. The molecule has 9 heteroatoms. The van der Waals surface area contributed by atoms with Crippen LogP contribution in [0.1, 0.15) is 47.4 Å². The van der Waals surface area contributed by atoms with E-state index in [2.05, 4.69) is 20.6 Å². The Labute approximate surface area is 175 Å². The molecular formula is C21H25FN4O3S. The highest BCUT2D eigenvalue weighted by Gasteiger charge is 2.33. The summed E-state index contributed by atoms with van der Waals surface area (Å²) in [5.41, 5.74) is 1.62. The molecule has 30 heavy (non-hydrogen) atoms. The van der Waals surface area contributed by atoms with Crippen LogP contribution in [0.2, 0.25) is 0 Å². The molecule has 3 rings (SSSR count). The molecule has 0 bridgehead atoms. The number of amides is 1. The highest BCUT2D eigenvalue weighted by atomic mass is 32.2. The lowest BCUT2D eigenvalue weighted by molar-refractivity contribution is 0.0941. The number of anilines is 1. The third-order valence-electron chi connectivity index (χ3n) is 4.90. The van der Waals surface area contributed by atoms with E-state index in [9.17, 15) is 17.6 Å². The number of carbonyl (C=O) groups is 1. The molecule has 1 aromatic carbocycles. The van der Waals surface area contributed by atoms with Crippen LogP contribution in [0.5, 0.6) is 0 Å². The van der Waals surface area contributed by atoms with Gasteiger partial charge in [-0.25, -0.2) is 22.8 Å². The summed E-state index contributed by atoms with van der Waals surface area (Å²) in [6.45, 7) is 3.42. The Balaban J connectivity index is 1.68. The van der Waals surface area contributed by atoms with Gasteiger partial charge in [-0.15, -0.1) is 0 Å². The van der Waals surface area contributed by atoms with Gasteiger partial charge in [0.1, 0.15) is 17.3 Å². The zero-order valence-electron chi connectivity index (χ0n) is 17.1. The number of halogens is 1. The van der Waals surface area contributed by atoms with Crippen LogP contribution in [0.25, 0.3) is 0 Å². The summed E-state index contributed by atoms with van der Waals surface area (Å²) in [5, 5.41) is 7.01. The van der Waals surface area contributed by atoms with Crippen LogP contribution in [0.4, 0.5) is 10.2 Å². The van der Waals surface area contributed by atoms with Gasteiger partial charge in [-0.3, -0.25) is 4.79 Å². The second-order valence-electron chi connectivity index (χ2n) is 7.62. The Morgan fingerprint density at radius 3 is 2.60 bits per heavy atom. The molecule has 0 radical (unpaired) electrons. The first kappa shape index (κ1) is 21.9. The van der Waals surface area contributed by atoms with Gasteiger partial charge in [-0.2, -0.15) is 0 Å². The molecule has 2 N–H and O–H groups in total. The molecule has 2 atom stereocenters. The molecule has 1 fully saturated rings. The van der Waals surface area contributed by atoms with E-state index < -0.39 is 21.8 Å². The number of sulfone groups is 1. The zero-order valence-corrected chi connectivity index (χ0v) is 17.9. The van der Waals surface area contributed by atoms with E-state index >= 15 is 0 Å². The van der Waals surface area contributed by atoms with Gasteiger partial charge in [0, 0.05) is 17.7 Å². The molecule has 1 aromatic heterocycles. The van der Waals surface area contributed by atoms with Crippen molar-refractivity contribution < 1.29 is 17.6 Å². The van der Waals surface area contributed by atoms with Gasteiger partial charge >= 0.3 is 0 Å². The number of aromatic nitrogens is 2. The molecule has 0 spiro atoms. The van der Waals surface area contributed by atoms with Gasteiger partial charge in [0.15, 0.2) is 9.84 Å². The number of hydrogen-bond acceptors (Lipinski definition) is 6.